The number of nitrogens with zero attached hydrogens (tertiary/aromatic N) is 1. The molecule has 0 unspecified atom stereocenters. The number of nitrogens with one attached hydrogen (secondary N) is 1. The van der Waals surface area contributed by atoms with Gasteiger partial charge in [-0.05, 0) is 82.2 Å². The lowest BCUT2D eigenvalue weighted by atomic mass is 9.53. The SMILES string of the molecule is COC(=O)C1CCN(CC(=O)NC23CC4CC(CC(C4)C2)C3)CC1. The van der Waals surface area contributed by atoms with E-state index in [1.165, 1.54) is 45.6 Å². The van der Waals surface area contributed by atoms with E-state index in [4.69, 9.17) is 4.74 Å². The maximum Gasteiger partial charge on any atom is 0.308 e. The third-order valence-corrected chi connectivity index (χ3v) is 6.93. The quantitative estimate of drug-likeness (QED) is 0.799. The Morgan fingerprint density at radius 1 is 1.04 bits per heavy atom. The zero-order valence-electron chi connectivity index (χ0n) is 14.8. The molecule has 1 heterocycles. The van der Waals surface area contributed by atoms with Crippen molar-refractivity contribution in [1.29, 1.82) is 0 Å². The summed E-state index contributed by atoms with van der Waals surface area (Å²) < 4.78 is 4.83. The van der Waals surface area contributed by atoms with Gasteiger partial charge >= 0.3 is 5.97 Å². The standard InChI is InChI=1S/C19H30N2O3/c1-24-18(23)16-2-4-21(5-3-16)12-17(22)20-19-9-13-6-14(10-19)8-15(7-13)11-19/h13-16H,2-12H2,1H3,(H,20,22). The first-order valence-electron chi connectivity index (χ1n) is 9.66. The van der Waals surface area contributed by atoms with Gasteiger partial charge in [-0.25, -0.2) is 0 Å². The molecule has 134 valence electrons. The first kappa shape index (κ1) is 16.4. The molecule has 5 nitrogen and oxygen atoms in total. The fourth-order valence-corrected chi connectivity index (χ4v) is 6.30. The van der Waals surface area contributed by atoms with Crippen molar-refractivity contribution in [2.45, 2.75) is 56.9 Å². The van der Waals surface area contributed by atoms with Crippen molar-refractivity contribution >= 4 is 11.9 Å². The molecule has 0 aromatic carbocycles. The average Bonchev–Trinajstić information content (AvgIpc) is 2.53. The molecule has 1 N–H and O–H groups in total. The molecular formula is C19H30N2O3. The monoisotopic (exact) mass is 334 g/mol. The lowest BCUT2D eigenvalue weighted by Crippen LogP contribution is -2.61. The number of ether oxygens (including phenoxy) is 1. The van der Waals surface area contributed by atoms with E-state index in [1.807, 2.05) is 0 Å². The number of likely N-dealkylation sites (tertiary alicyclic amines) is 1. The molecule has 0 atom stereocenters. The van der Waals surface area contributed by atoms with Crippen molar-refractivity contribution in [1.82, 2.24) is 10.2 Å². The summed E-state index contributed by atoms with van der Waals surface area (Å²) in [4.78, 5) is 26.4. The first-order valence-corrected chi connectivity index (χ1v) is 9.66. The Balaban J connectivity index is 1.28. The van der Waals surface area contributed by atoms with Crippen LogP contribution in [-0.2, 0) is 14.3 Å². The molecule has 5 aliphatic rings. The number of piperidine rings is 1. The largest absolute Gasteiger partial charge is 0.469 e. The van der Waals surface area contributed by atoms with Crippen molar-refractivity contribution in [2.24, 2.45) is 23.7 Å². The third kappa shape index (κ3) is 3.19. The summed E-state index contributed by atoms with van der Waals surface area (Å²) in [5.74, 6) is 2.66. The fourth-order valence-electron chi connectivity index (χ4n) is 6.30. The summed E-state index contributed by atoms with van der Waals surface area (Å²) >= 11 is 0. The summed E-state index contributed by atoms with van der Waals surface area (Å²) in [6, 6.07) is 0. The van der Waals surface area contributed by atoms with E-state index in [1.54, 1.807) is 0 Å². The number of carbonyl (C=O) groups excluding carboxylic acids is 2. The zero-order chi connectivity index (χ0) is 16.7. The van der Waals surface area contributed by atoms with Crippen LogP contribution in [0.25, 0.3) is 0 Å². The molecule has 0 aromatic rings. The van der Waals surface area contributed by atoms with Crippen LogP contribution in [0.15, 0.2) is 0 Å². The molecule has 4 saturated carbocycles. The number of hydrogen-bond donors (Lipinski definition) is 1. The predicted octanol–water partition coefficient (Wildman–Crippen LogP) is 1.96. The molecule has 24 heavy (non-hydrogen) atoms. The van der Waals surface area contributed by atoms with Crippen LogP contribution in [0.4, 0.5) is 0 Å². The molecule has 4 bridgehead atoms. The molecular weight excluding hydrogens is 304 g/mol. The van der Waals surface area contributed by atoms with Crippen LogP contribution in [-0.4, -0.2) is 49.1 Å². The molecule has 5 rings (SSSR count). The summed E-state index contributed by atoms with van der Waals surface area (Å²) in [5.41, 5.74) is 0.107. The Bertz CT molecular complexity index is 475. The second-order valence-electron chi connectivity index (χ2n) is 8.82. The average molecular weight is 334 g/mol. The molecule has 1 saturated heterocycles. The Labute approximate surface area is 144 Å². The van der Waals surface area contributed by atoms with E-state index < -0.39 is 0 Å². The second-order valence-corrected chi connectivity index (χ2v) is 8.82. The lowest BCUT2D eigenvalue weighted by molar-refractivity contribution is -0.147. The summed E-state index contributed by atoms with van der Waals surface area (Å²) in [7, 11) is 1.45. The Kier molecular flexibility index (Phi) is 4.31. The van der Waals surface area contributed by atoms with Crippen molar-refractivity contribution in [2.75, 3.05) is 26.7 Å². The first-order chi connectivity index (χ1) is 11.5. The molecule has 5 fully saturated rings. The molecule has 0 spiro atoms. The number of esters is 1. The van der Waals surface area contributed by atoms with Gasteiger partial charge < -0.3 is 10.1 Å². The van der Waals surface area contributed by atoms with Crippen LogP contribution >= 0.6 is 0 Å². The van der Waals surface area contributed by atoms with Crippen molar-refractivity contribution < 1.29 is 14.3 Å². The fraction of sp³-hybridized carbons (Fsp3) is 0.895. The van der Waals surface area contributed by atoms with E-state index in [0.717, 1.165) is 43.7 Å². The van der Waals surface area contributed by atoms with Gasteiger partial charge in [-0.2, -0.15) is 0 Å². The number of amides is 1. The number of rotatable bonds is 4. The van der Waals surface area contributed by atoms with Gasteiger partial charge in [-0.1, -0.05) is 0 Å². The van der Waals surface area contributed by atoms with Crippen LogP contribution in [0.3, 0.4) is 0 Å². The second kappa shape index (κ2) is 6.32. The Hall–Kier alpha value is -1.10. The van der Waals surface area contributed by atoms with Crippen molar-refractivity contribution in [3.8, 4) is 0 Å². The minimum Gasteiger partial charge on any atom is -0.469 e. The highest BCUT2D eigenvalue weighted by Gasteiger charge is 2.51. The van der Waals surface area contributed by atoms with Gasteiger partial charge in [0.1, 0.15) is 0 Å². The Morgan fingerprint density at radius 2 is 1.58 bits per heavy atom. The maximum atomic E-state index is 12.6. The van der Waals surface area contributed by atoms with Gasteiger partial charge in [0, 0.05) is 5.54 Å². The molecule has 4 aliphatic carbocycles. The topological polar surface area (TPSA) is 58.6 Å². The maximum absolute atomic E-state index is 12.6. The number of methoxy groups -OCH3 is 1. The number of hydrogen-bond acceptors (Lipinski definition) is 4. The van der Waals surface area contributed by atoms with Gasteiger partial charge in [0.25, 0.3) is 0 Å². The van der Waals surface area contributed by atoms with Crippen LogP contribution in [0.1, 0.15) is 51.4 Å². The van der Waals surface area contributed by atoms with Gasteiger partial charge in [-0.15, -0.1) is 0 Å². The lowest BCUT2D eigenvalue weighted by Gasteiger charge is -2.57. The van der Waals surface area contributed by atoms with Crippen LogP contribution in [0, 0.1) is 23.7 Å². The minimum atomic E-state index is -0.104. The van der Waals surface area contributed by atoms with E-state index in [-0.39, 0.29) is 23.3 Å². The van der Waals surface area contributed by atoms with Crippen molar-refractivity contribution in [3.05, 3.63) is 0 Å². The molecule has 0 aromatic heterocycles. The smallest absolute Gasteiger partial charge is 0.308 e. The van der Waals surface area contributed by atoms with Gasteiger partial charge in [-0.3, -0.25) is 14.5 Å². The molecule has 1 amide bonds. The third-order valence-electron chi connectivity index (χ3n) is 6.93. The highest BCUT2D eigenvalue weighted by atomic mass is 16.5. The predicted molar refractivity (Wildman–Crippen MR) is 90.2 cm³/mol. The van der Waals surface area contributed by atoms with Crippen molar-refractivity contribution in [3.63, 3.8) is 0 Å². The number of carbonyl (C=O) groups is 2. The summed E-state index contributed by atoms with van der Waals surface area (Å²) in [5, 5.41) is 3.44. The molecule has 1 aliphatic heterocycles. The summed E-state index contributed by atoms with van der Waals surface area (Å²) in [6.07, 6.45) is 9.41. The van der Waals surface area contributed by atoms with E-state index >= 15 is 0 Å². The molecule has 0 radical (unpaired) electrons. The van der Waals surface area contributed by atoms with E-state index in [0.29, 0.717) is 6.54 Å². The van der Waals surface area contributed by atoms with Gasteiger partial charge in [0.05, 0.1) is 19.6 Å². The highest BCUT2D eigenvalue weighted by Crippen LogP contribution is 2.55. The van der Waals surface area contributed by atoms with Gasteiger partial charge in [0.2, 0.25) is 5.91 Å². The Morgan fingerprint density at radius 3 is 2.08 bits per heavy atom. The normalized spacial score (nSPS) is 39.0. The summed E-state index contributed by atoms with van der Waals surface area (Å²) in [6.45, 7) is 2.11. The van der Waals surface area contributed by atoms with Crippen LogP contribution in [0.5, 0.6) is 0 Å². The van der Waals surface area contributed by atoms with Crippen LogP contribution < -0.4 is 5.32 Å². The van der Waals surface area contributed by atoms with Crippen LogP contribution in [0.2, 0.25) is 0 Å². The van der Waals surface area contributed by atoms with E-state index in [2.05, 4.69) is 10.2 Å². The van der Waals surface area contributed by atoms with E-state index in [9.17, 15) is 9.59 Å². The minimum absolute atomic E-state index is 0.0115. The zero-order valence-corrected chi connectivity index (χ0v) is 14.8. The molecule has 5 heteroatoms. The van der Waals surface area contributed by atoms with Gasteiger partial charge in [0.15, 0.2) is 0 Å². The highest BCUT2D eigenvalue weighted by molar-refractivity contribution is 5.79.